The predicted octanol–water partition coefficient (Wildman–Crippen LogP) is 1.46. The van der Waals surface area contributed by atoms with Crippen molar-refractivity contribution in [3.05, 3.63) is 32.9 Å². The molecule has 0 spiro atoms. The molecule has 1 aliphatic carbocycles. The highest BCUT2D eigenvalue weighted by Gasteiger charge is 2.44. The Morgan fingerprint density at radius 3 is 2.59 bits per heavy atom. The first-order chi connectivity index (χ1) is 17.4. The zero-order chi connectivity index (χ0) is 27.8. The summed E-state index contributed by atoms with van der Waals surface area (Å²) in [5.74, 6) is -1.54. The van der Waals surface area contributed by atoms with Crippen LogP contribution >= 0.6 is 22.6 Å². The summed E-state index contributed by atoms with van der Waals surface area (Å²) in [6.45, 7) is -1.20. The van der Waals surface area contributed by atoms with Gasteiger partial charge in [0.1, 0.15) is 31.6 Å². The Morgan fingerprint density at radius 1 is 1.32 bits per heavy atom. The maximum Gasteiger partial charge on any atom is 0.406 e. The monoisotopic (exact) mass is 644 g/mol. The first-order valence-corrected chi connectivity index (χ1v) is 12.2. The van der Waals surface area contributed by atoms with Crippen LogP contribution in [0.4, 0.5) is 13.2 Å². The highest BCUT2D eigenvalue weighted by molar-refractivity contribution is 14.1. The highest BCUT2D eigenvalue weighted by Crippen LogP contribution is 2.37. The molecule has 0 aliphatic heterocycles. The van der Waals surface area contributed by atoms with Gasteiger partial charge in [-0.1, -0.05) is 0 Å². The number of halogens is 4. The van der Waals surface area contributed by atoms with Crippen molar-refractivity contribution < 1.29 is 52.0 Å². The van der Waals surface area contributed by atoms with Crippen molar-refractivity contribution in [1.29, 1.82) is 0 Å². The molecule has 0 aromatic heterocycles. The Hall–Kier alpha value is -2.43. The Labute approximate surface area is 224 Å². The van der Waals surface area contributed by atoms with Gasteiger partial charge in [-0.15, -0.1) is 0 Å². The maximum absolute atomic E-state index is 13.4. The van der Waals surface area contributed by atoms with E-state index >= 15 is 0 Å². The Morgan fingerprint density at radius 2 is 2.03 bits per heavy atom. The smallest absolute Gasteiger partial charge is 0.406 e. The second-order valence-electron chi connectivity index (χ2n) is 7.94. The number of aliphatic hydroxyl groups is 2. The minimum atomic E-state index is -4.80. The molecule has 0 saturated heterocycles. The van der Waals surface area contributed by atoms with Crippen molar-refractivity contribution in [2.45, 2.75) is 37.8 Å². The molecule has 0 heterocycles. The van der Waals surface area contributed by atoms with Crippen LogP contribution in [0.2, 0.25) is 0 Å². The van der Waals surface area contributed by atoms with Crippen LogP contribution in [0.3, 0.4) is 0 Å². The number of alkyl halides is 3. The molecular formula is C23H28F3IN2O8. The van der Waals surface area contributed by atoms with Gasteiger partial charge in [0, 0.05) is 30.7 Å². The van der Waals surface area contributed by atoms with E-state index < -0.39 is 55.8 Å². The molecule has 2 rings (SSSR count). The van der Waals surface area contributed by atoms with E-state index in [0.29, 0.717) is 14.8 Å². The first-order valence-electron chi connectivity index (χ1n) is 11.2. The molecule has 1 aromatic rings. The van der Waals surface area contributed by atoms with Gasteiger partial charge in [-0.25, -0.2) is 0 Å². The van der Waals surface area contributed by atoms with E-state index in [-0.39, 0.29) is 42.4 Å². The van der Waals surface area contributed by atoms with Crippen molar-refractivity contribution in [1.82, 2.24) is 10.2 Å². The summed E-state index contributed by atoms with van der Waals surface area (Å²) < 4.78 is 56.9. The van der Waals surface area contributed by atoms with Crippen LogP contribution in [0.1, 0.15) is 23.7 Å². The highest BCUT2D eigenvalue weighted by atomic mass is 127. The van der Waals surface area contributed by atoms with Gasteiger partial charge in [-0.05, 0) is 47.7 Å². The molecule has 1 aliphatic rings. The number of aliphatic hydroxyl groups excluding tert-OH is 2. The normalized spacial score (nSPS) is 19.6. The number of carbonyl (C=O) groups is 3. The number of rotatable bonds is 12. The van der Waals surface area contributed by atoms with Crippen molar-refractivity contribution in [3.8, 4) is 11.5 Å². The maximum atomic E-state index is 13.4. The molecule has 1 aromatic carbocycles. The average molecular weight is 644 g/mol. The van der Waals surface area contributed by atoms with Gasteiger partial charge in [0.2, 0.25) is 11.8 Å². The minimum absolute atomic E-state index is 0.0522. The molecule has 206 valence electrons. The number of nitrogens with one attached hydrogen (secondary N) is 1. The third kappa shape index (κ3) is 8.55. The average Bonchev–Trinajstić information content (AvgIpc) is 2.85. The molecule has 0 bridgehead atoms. The zero-order valence-electron chi connectivity index (χ0n) is 20.1. The van der Waals surface area contributed by atoms with E-state index in [1.54, 1.807) is 6.92 Å². The predicted molar refractivity (Wildman–Crippen MR) is 132 cm³/mol. The zero-order valence-corrected chi connectivity index (χ0v) is 22.2. The van der Waals surface area contributed by atoms with Crippen LogP contribution in [0.15, 0.2) is 23.8 Å². The largest absolute Gasteiger partial charge is 0.493 e. The van der Waals surface area contributed by atoms with Crippen molar-refractivity contribution in [2.24, 2.45) is 0 Å². The Balaban J connectivity index is 2.53. The van der Waals surface area contributed by atoms with Crippen molar-refractivity contribution in [3.63, 3.8) is 0 Å². The van der Waals surface area contributed by atoms with E-state index in [1.165, 1.54) is 25.3 Å². The van der Waals surface area contributed by atoms with Gasteiger partial charge in [0.05, 0.1) is 23.3 Å². The number of benzene rings is 1. The quantitative estimate of drug-likeness (QED) is 0.230. The summed E-state index contributed by atoms with van der Waals surface area (Å²) in [4.78, 5) is 37.0. The van der Waals surface area contributed by atoms with Gasteiger partial charge < -0.3 is 34.6 Å². The Kier molecular flexibility index (Phi) is 11.6. The third-order valence-electron chi connectivity index (χ3n) is 5.36. The lowest BCUT2D eigenvalue weighted by molar-refractivity contribution is -0.175. The standard InChI is InChI=1S/C23H28F3IN2O8/c1-3-36-11-19(32)29(12-23(24,25)26)16-8-14(22(34)28-4-5-30)9-17(20(16)33)37-21-15(27)6-13(10-31)7-18(21)35-2/h6-7,9-10,16-17,20,30,33H,3-5,8,11-12H2,1-2H3,(H,28,34)/t16-,17+,20+/m1/s1. The van der Waals surface area contributed by atoms with Crippen LogP contribution in [-0.4, -0.2) is 97.7 Å². The van der Waals surface area contributed by atoms with Crippen molar-refractivity contribution in [2.75, 3.05) is 40.0 Å². The molecule has 0 fully saturated rings. The summed E-state index contributed by atoms with van der Waals surface area (Å²) in [5, 5.41) is 22.6. The van der Waals surface area contributed by atoms with Crippen LogP contribution < -0.4 is 14.8 Å². The second-order valence-corrected chi connectivity index (χ2v) is 9.10. The van der Waals surface area contributed by atoms with Crippen molar-refractivity contribution >= 4 is 40.7 Å². The molecule has 10 nitrogen and oxygen atoms in total. The third-order valence-corrected chi connectivity index (χ3v) is 6.16. The van der Waals surface area contributed by atoms with Gasteiger partial charge in [0.25, 0.3) is 0 Å². The SMILES string of the molecule is CCOCC(=O)N(CC(F)(F)F)[C@@H]1CC(C(=O)NCCO)=C[C@H](Oc2c(I)cc(C=O)cc2OC)[C@H]1O. The molecule has 0 radical (unpaired) electrons. The Bertz CT molecular complexity index is 1000. The van der Waals surface area contributed by atoms with Crippen LogP contribution in [0, 0.1) is 3.57 Å². The topological polar surface area (TPSA) is 135 Å². The molecule has 37 heavy (non-hydrogen) atoms. The summed E-state index contributed by atoms with van der Waals surface area (Å²) in [6, 6.07) is 1.34. The number of amides is 2. The molecule has 2 amide bonds. The number of hydrogen-bond acceptors (Lipinski definition) is 8. The summed E-state index contributed by atoms with van der Waals surface area (Å²) in [7, 11) is 1.31. The van der Waals surface area contributed by atoms with Crippen LogP contribution in [0.5, 0.6) is 11.5 Å². The summed E-state index contributed by atoms with van der Waals surface area (Å²) in [6.07, 6.45) is -6.45. The summed E-state index contributed by atoms with van der Waals surface area (Å²) >= 11 is 1.86. The minimum Gasteiger partial charge on any atom is -0.493 e. The van der Waals surface area contributed by atoms with E-state index in [1.807, 2.05) is 22.6 Å². The van der Waals surface area contributed by atoms with Gasteiger partial charge >= 0.3 is 6.18 Å². The van der Waals surface area contributed by atoms with Gasteiger partial charge in [-0.2, -0.15) is 13.2 Å². The van der Waals surface area contributed by atoms with E-state index in [4.69, 9.17) is 19.3 Å². The van der Waals surface area contributed by atoms with Crippen LogP contribution in [0.25, 0.3) is 0 Å². The van der Waals surface area contributed by atoms with Gasteiger partial charge in [0.15, 0.2) is 11.5 Å². The molecule has 3 atom stereocenters. The lowest BCUT2D eigenvalue weighted by Gasteiger charge is -2.40. The lowest BCUT2D eigenvalue weighted by Crippen LogP contribution is -2.57. The summed E-state index contributed by atoms with van der Waals surface area (Å²) in [5.41, 5.74) is 0.219. The fraction of sp³-hybridized carbons (Fsp3) is 0.522. The number of hydrogen-bond donors (Lipinski definition) is 3. The molecule has 0 saturated carbocycles. The number of ether oxygens (including phenoxy) is 3. The van der Waals surface area contributed by atoms with Gasteiger partial charge in [-0.3, -0.25) is 14.4 Å². The second kappa shape index (κ2) is 13.9. The fourth-order valence-corrected chi connectivity index (χ4v) is 4.45. The van der Waals surface area contributed by atoms with Crippen LogP contribution in [-0.2, 0) is 14.3 Å². The lowest BCUT2D eigenvalue weighted by atomic mass is 9.88. The first kappa shape index (κ1) is 30.8. The molecular weight excluding hydrogens is 616 g/mol. The fourth-order valence-electron chi connectivity index (χ4n) is 3.69. The molecule has 0 unspecified atom stereocenters. The molecule has 3 N–H and O–H groups in total. The van der Waals surface area contributed by atoms with E-state index in [0.717, 1.165) is 0 Å². The number of aldehydes is 1. The number of carbonyl (C=O) groups excluding carboxylic acids is 3. The van der Waals surface area contributed by atoms with E-state index in [9.17, 15) is 32.7 Å². The molecule has 14 heteroatoms. The van der Waals surface area contributed by atoms with E-state index in [2.05, 4.69) is 5.32 Å². The number of nitrogens with zero attached hydrogens (tertiary/aromatic N) is 1. The number of methoxy groups -OCH3 is 1.